The van der Waals surface area contributed by atoms with Gasteiger partial charge < -0.3 is 18.9 Å². The lowest BCUT2D eigenvalue weighted by Crippen LogP contribution is -2.65. The van der Waals surface area contributed by atoms with Crippen molar-refractivity contribution < 1.29 is 23.7 Å². The molecule has 0 aromatic rings. The van der Waals surface area contributed by atoms with E-state index in [1.807, 2.05) is 0 Å². The second-order valence-corrected chi connectivity index (χ2v) is 8.55. The normalized spacial score (nSPS) is 44.8. The smallest absolute Gasteiger partial charge is 0.311 e. The van der Waals surface area contributed by atoms with E-state index in [2.05, 4.69) is 20.8 Å². The number of carbonyl (C=O) groups excluding carboxylic acids is 1. The van der Waals surface area contributed by atoms with E-state index in [1.54, 1.807) is 0 Å². The minimum atomic E-state index is -0.810. The van der Waals surface area contributed by atoms with Crippen molar-refractivity contribution in [2.45, 2.75) is 82.9 Å². The van der Waals surface area contributed by atoms with Gasteiger partial charge in [-0.15, -0.1) is 0 Å². The first kappa shape index (κ1) is 16.8. The highest BCUT2D eigenvalue weighted by Gasteiger charge is 2.67. The van der Waals surface area contributed by atoms with Crippen LogP contribution in [0, 0.1) is 17.8 Å². The summed E-state index contributed by atoms with van der Waals surface area (Å²) < 4.78 is 24.8. The first-order chi connectivity index (χ1) is 11.4. The number of ether oxygens (including phenoxy) is 4. The fourth-order valence-electron chi connectivity index (χ4n) is 5.29. The van der Waals surface area contributed by atoms with Gasteiger partial charge in [-0.3, -0.25) is 4.79 Å². The van der Waals surface area contributed by atoms with Gasteiger partial charge in [0.25, 0.3) is 0 Å². The first-order valence-corrected chi connectivity index (χ1v) is 9.60. The van der Waals surface area contributed by atoms with Crippen LogP contribution < -0.4 is 0 Å². The molecule has 4 rings (SSSR count). The molecular weight excluding hydrogens is 308 g/mol. The summed E-state index contributed by atoms with van der Waals surface area (Å²) in [4.78, 5) is 12.6. The largest absolute Gasteiger partial charge is 0.433 e. The van der Waals surface area contributed by atoms with Gasteiger partial charge in [0.2, 0.25) is 5.79 Å². The lowest BCUT2D eigenvalue weighted by atomic mass is 9.72. The molecule has 2 aliphatic carbocycles. The van der Waals surface area contributed by atoms with Crippen molar-refractivity contribution in [1.82, 2.24) is 0 Å². The standard InChI is InChI=1S/C19H30O5/c1-13(2)15-6-5-14(3)18(11-15)23-16(20)12-17(24-18)7-4-8-19(17)21-9-10-22-19/h13-15H,4-12H2,1-3H3/t14-,15-,17+,18-/m1/s1. The predicted molar refractivity (Wildman–Crippen MR) is 87.1 cm³/mol. The second-order valence-electron chi connectivity index (χ2n) is 8.55. The number of carbonyl (C=O) groups is 1. The third-order valence-corrected chi connectivity index (χ3v) is 6.83. The topological polar surface area (TPSA) is 54.0 Å². The van der Waals surface area contributed by atoms with E-state index in [0.717, 1.165) is 32.1 Å². The summed E-state index contributed by atoms with van der Waals surface area (Å²) in [5.74, 6) is -0.428. The number of hydrogen-bond donors (Lipinski definition) is 0. The Labute approximate surface area is 144 Å². The fraction of sp³-hybridized carbons (Fsp3) is 0.947. The third-order valence-electron chi connectivity index (χ3n) is 6.83. The molecule has 5 nitrogen and oxygen atoms in total. The molecule has 0 radical (unpaired) electrons. The molecule has 0 aromatic heterocycles. The number of esters is 1. The molecule has 4 atom stereocenters. The van der Waals surface area contributed by atoms with Gasteiger partial charge in [0, 0.05) is 18.8 Å². The van der Waals surface area contributed by atoms with Gasteiger partial charge in [-0.1, -0.05) is 20.8 Å². The van der Waals surface area contributed by atoms with Crippen LogP contribution in [0.2, 0.25) is 0 Å². The van der Waals surface area contributed by atoms with Crippen LogP contribution in [0.3, 0.4) is 0 Å². The Hall–Kier alpha value is -0.650. The Bertz CT molecular complexity index is 506. The molecule has 136 valence electrons. The third kappa shape index (κ3) is 2.35. The summed E-state index contributed by atoms with van der Waals surface area (Å²) in [5, 5.41) is 0. The van der Waals surface area contributed by atoms with E-state index in [0.29, 0.717) is 25.0 Å². The molecule has 0 unspecified atom stereocenters. The molecule has 0 aromatic carbocycles. The molecule has 0 bridgehead atoms. The molecule has 0 amide bonds. The minimum absolute atomic E-state index is 0.155. The second kappa shape index (κ2) is 5.68. The molecule has 0 N–H and O–H groups in total. The maximum Gasteiger partial charge on any atom is 0.311 e. The first-order valence-electron chi connectivity index (χ1n) is 9.60. The van der Waals surface area contributed by atoms with Gasteiger partial charge >= 0.3 is 5.97 Å². The van der Waals surface area contributed by atoms with Gasteiger partial charge in [0.05, 0.1) is 19.6 Å². The molecule has 2 saturated carbocycles. The van der Waals surface area contributed by atoms with E-state index in [-0.39, 0.29) is 18.3 Å². The monoisotopic (exact) mass is 338 g/mol. The number of rotatable bonds is 1. The molecule has 24 heavy (non-hydrogen) atoms. The van der Waals surface area contributed by atoms with Crippen LogP contribution in [0.1, 0.15) is 65.7 Å². The zero-order chi connectivity index (χ0) is 17.0. The van der Waals surface area contributed by atoms with Crippen molar-refractivity contribution in [2.24, 2.45) is 17.8 Å². The van der Waals surface area contributed by atoms with Gasteiger partial charge in [0.15, 0.2) is 5.79 Å². The summed E-state index contributed by atoms with van der Waals surface area (Å²) in [6, 6.07) is 0. The van der Waals surface area contributed by atoms with Crippen LogP contribution in [0.5, 0.6) is 0 Å². The Kier molecular flexibility index (Phi) is 3.98. The minimum Gasteiger partial charge on any atom is -0.433 e. The average molecular weight is 338 g/mol. The SMILES string of the molecule is CC(C)[C@@H]1CC[C@@H](C)[C@]2(C1)OC(=O)C[C@]1(CCCC13OCCO3)O2. The van der Waals surface area contributed by atoms with E-state index >= 15 is 0 Å². The van der Waals surface area contributed by atoms with Crippen LogP contribution in [0.15, 0.2) is 0 Å². The van der Waals surface area contributed by atoms with Crippen LogP contribution in [0.4, 0.5) is 0 Å². The van der Waals surface area contributed by atoms with E-state index in [4.69, 9.17) is 18.9 Å². The molecule has 4 fully saturated rings. The van der Waals surface area contributed by atoms with E-state index in [1.165, 1.54) is 6.42 Å². The highest BCUT2D eigenvalue weighted by Crippen LogP contribution is 2.57. The highest BCUT2D eigenvalue weighted by atomic mass is 16.8. The van der Waals surface area contributed by atoms with Crippen LogP contribution >= 0.6 is 0 Å². The molecule has 4 aliphatic rings. The molecule has 2 saturated heterocycles. The van der Waals surface area contributed by atoms with Crippen molar-refractivity contribution in [1.29, 1.82) is 0 Å². The van der Waals surface area contributed by atoms with Crippen LogP contribution in [-0.2, 0) is 23.7 Å². The van der Waals surface area contributed by atoms with E-state index in [9.17, 15) is 4.79 Å². The van der Waals surface area contributed by atoms with Gasteiger partial charge in [0.1, 0.15) is 5.60 Å². The average Bonchev–Trinajstić information content (AvgIpc) is 3.11. The van der Waals surface area contributed by atoms with Gasteiger partial charge in [-0.25, -0.2) is 0 Å². The molecular formula is C19H30O5. The Morgan fingerprint density at radius 1 is 1.12 bits per heavy atom. The van der Waals surface area contributed by atoms with Crippen LogP contribution in [-0.4, -0.2) is 36.4 Å². The lowest BCUT2D eigenvalue weighted by Gasteiger charge is -2.55. The summed E-state index contributed by atoms with van der Waals surface area (Å²) >= 11 is 0. The quantitative estimate of drug-likeness (QED) is 0.686. The zero-order valence-electron chi connectivity index (χ0n) is 15.1. The van der Waals surface area contributed by atoms with Gasteiger partial charge in [-0.2, -0.15) is 0 Å². The van der Waals surface area contributed by atoms with Gasteiger partial charge in [-0.05, 0) is 37.5 Å². The number of fused-ring (bicyclic) bond motifs is 1. The fourth-order valence-corrected chi connectivity index (χ4v) is 5.29. The Balaban J connectivity index is 1.68. The van der Waals surface area contributed by atoms with Crippen molar-refractivity contribution in [3.8, 4) is 0 Å². The Morgan fingerprint density at radius 2 is 1.88 bits per heavy atom. The van der Waals surface area contributed by atoms with E-state index < -0.39 is 17.2 Å². The molecule has 2 heterocycles. The summed E-state index contributed by atoms with van der Waals surface area (Å²) in [7, 11) is 0. The maximum absolute atomic E-state index is 12.6. The molecule has 3 spiro atoms. The zero-order valence-corrected chi connectivity index (χ0v) is 15.1. The van der Waals surface area contributed by atoms with Crippen molar-refractivity contribution in [3.05, 3.63) is 0 Å². The summed E-state index contributed by atoms with van der Waals surface area (Å²) in [6.07, 6.45) is 5.81. The Morgan fingerprint density at radius 3 is 2.58 bits per heavy atom. The lowest BCUT2D eigenvalue weighted by molar-refractivity contribution is -0.387. The van der Waals surface area contributed by atoms with Crippen molar-refractivity contribution in [3.63, 3.8) is 0 Å². The molecule has 5 heteroatoms. The van der Waals surface area contributed by atoms with Crippen molar-refractivity contribution in [2.75, 3.05) is 13.2 Å². The number of hydrogen-bond acceptors (Lipinski definition) is 5. The predicted octanol–water partition coefficient (Wildman–Crippen LogP) is 3.40. The maximum atomic E-state index is 12.6. The van der Waals surface area contributed by atoms with Crippen molar-refractivity contribution >= 4 is 5.97 Å². The summed E-state index contributed by atoms with van der Waals surface area (Å²) in [6.45, 7) is 7.81. The molecule has 2 aliphatic heterocycles. The van der Waals surface area contributed by atoms with Crippen LogP contribution in [0.25, 0.3) is 0 Å². The summed E-state index contributed by atoms with van der Waals surface area (Å²) in [5.41, 5.74) is -0.675. The highest BCUT2D eigenvalue weighted by molar-refractivity contribution is 5.72.